The molecule has 1 aromatic heterocycles. The van der Waals surface area contributed by atoms with Crippen LogP contribution in [-0.2, 0) is 17.8 Å². The van der Waals surface area contributed by atoms with Crippen LogP contribution in [-0.4, -0.2) is 62.7 Å². The van der Waals surface area contributed by atoms with Crippen molar-refractivity contribution in [1.29, 1.82) is 0 Å². The SMILES string of the molecule is Cc1ccccc1CCN1CCC(CN(C(=O)CCn2cncn2)C2CCCC2)CC1. The zero-order chi connectivity index (χ0) is 21.5. The van der Waals surface area contributed by atoms with Gasteiger partial charge < -0.3 is 9.80 Å². The summed E-state index contributed by atoms with van der Waals surface area (Å²) in [5, 5.41) is 4.14. The molecule has 1 saturated carbocycles. The predicted octanol–water partition coefficient (Wildman–Crippen LogP) is 3.70. The Morgan fingerprint density at radius 3 is 2.58 bits per heavy atom. The first-order chi connectivity index (χ1) is 15.2. The van der Waals surface area contributed by atoms with Crippen molar-refractivity contribution < 1.29 is 4.79 Å². The van der Waals surface area contributed by atoms with Crippen LogP contribution < -0.4 is 0 Å². The minimum atomic E-state index is 0.296. The molecule has 31 heavy (non-hydrogen) atoms. The van der Waals surface area contributed by atoms with Gasteiger partial charge in [-0.15, -0.1) is 0 Å². The highest BCUT2D eigenvalue weighted by Gasteiger charge is 2.30. The van der Waals surface area contributed by atoms with E-state index in [9.17, 15) is 4.79 Å². The molecule has 6 nitrogen and oxygen atoms in total. The smallest absolute Gasteiger partial charge is 0.224 e. The molecule has 1 saturated heterocycles. The van der Waals surface area contributed by atoms with Crippen molar-refractivity contribution >= 4 is 5.91 Å². The molecule has 2 fully saturated rings. The second-order valence-corrected chi connectivity index (χ2v) is 9.35. The summed E-state index contributed by atoms with van der Waals surface area (Å²) in [7, 11) is 0. The van der Waals surface area contributed by atoms with Gasteiger partial charge in [0, 0.05) is 25.6 Å². The maximum absolute atomic E-state index is 13.1. The lowest BCUT2D eigenvalue weighted by Crippen LogP contribution is -2.45. The largest absolute Gasteiger partial charge is 0.339 e. The Hall–Kier alpha value is -2.21. The molecule has 0 unspecified atom stereocenters. The molecule has 4 rings (SSSR count). The Labute approximate surface area is 186 Å². The average Bonchev–Trinajstić information content (AvgIpc) is 3.50. The van der Waals surface area contributed by atoms with E-state index in [1.807, 2.05) is 0 Å². The highest BCUT2D eigenvalue weighted by atomic mass is 16.2. The molecule has 1 aliphatic carbocycles. The lowest BCUT2D eigenvalue weighted by molar-refractivity contribution is -0.134. The Morgan fingerprint density at radius 2 is 1.87 bits per heavy atom. The van der Waals surface area contributed by atoms with Crippen molar-refractivity contribution in [3.8, 4) is 0 Å². The van der Waals surface area contributed by atoms with Gasteiger partial charge in [-0.2, -0.15) is 5.10 Å². The summed E-state index contributed by atoms with van der Waals surface area (Å²) in [5.41, 5.74) is 2.86. The fourth-order valence-corrected chi connectivity index (χ4v) is 5.21. The van der Waals surface area contributed by atoms with E-state index in [2.05, 4.69) is 51.1 Å². The minimum Gasteiger partial charge on any atom is -0.339 e. The van der Waals surface area contributed by atoms with Gasteiger partial charge in [0.15, 0.2) is 0 Å². The number of benzene rings is 1. The van der Waals surface area contributed by atoms with Crippen LogP contribution in [0, 0.1) is 12.8 Å². The fraction of sp³-hybridized carbons (Fsp3) is 0.640. The van der Waals surface area contributed by atoms with Gasteiger partial charge in [0.1, 0.15) is 12.7 Å². The van der Waals surface area contributed by atoms with Crippen molar-refractivity contribution in [2.24, 2.45) is 5.92 Å². The topological polar surface area (TPSA) is 54.3 Å². The summed E-state index contributed by atoms with van der Waals surface area (Å²) < 4.78 is 1.76. The minimum absolute atomic E-state index is 0.296. The highest BCUT2D eigenvalue weighted by molar-refractivity contribution is 5.76. The number of carbonyl (C=O) groups excluding carboxylic acids is 1. The van der Waals surface area contributed by atoms with E-state index in [4.69, 9.17) is 0 Å². The molecular formula is C25H37N5O. The molecule has 0 bridgehead atoms. The molecule has 2 heterocycles. The van der Waals surface area contributed by atoms with Gasteiger partial charge in [-0.1, -0.05) is 37.1 Å². The third-order valence-electron chi connectivity index (χ3n) is 7.23. The standard InChI is InChI=1S/C25H37N5O/c1-21-6-2-3-7-23(21)12-16-28-14-10-22(11-15-28)18-30(24-8-4-5-9-24)25(31)13-17-29-20-26-19-27-29/h2-3,6-7,19-20,22,24H,4-5,8-18H2,1H3. The van der Waals surface area contributed by atoms with Crippen molar-refractivity contribution in [2.75, 3.05) is 26.2 Å². The van der Waals surface area contributed by atoms with Crippen LogP contribution in [0.2, 0.25) is 0 Å². The first-order valence-corrected chi connectivity index (χ1v) is 12.1. The normalized spacial score (nSPS) is 18.5. The monoisotopic (exact) mass is 423 g/mol. The molecule has 0 radical (unpaired) electrons. The number of hydrogen-bond acceptors (Lipinski definition) is 4. The molecule has 6 heteroatoms. The zero-order valence-corrected chi connectivity index (χ0v) is 19.0. The van der Waals surface area contributed by atoms with E-state index < -0.39 is 0 Å². The van der Waals surface area contributed by atoms with E-state index in [0.29, 0.717) is 30.8 Å². The molecule has 0 N–H and O–H groups in total. The highest BCUT2D eigenvalue weighted by Crippen LogP contribution is 2.27. The van der Waals surface area contributed by atoms with E-state index in [1.54, 1.807) is 11.0 Å². The molecule has 0 spiro atoms. The Morgan fingerprint density at radius 1 is 1.10 bits per heavy atom. The number of piperidine rings is 1. The lowest BCUT2D eigenvalue weighted by Gasteiger charge is -2.37. The van der Waals surface area contributed by atoms with Crippen LogP contribution in [0.4, 0.5) is 0 Å². The van der Waals surface area contributed by atoms with E-state index >= 15 is 0 Å². The van der Waals surface area contributed by atoms with Gasteiger partial charge in [0.25, 0.3) is 0 Å². The summed E-state index contributed by atoms with van der Waals surface area (Å²) in [6, 6.07) is 9.17. The van der Waals surface area contributed by atoms with Crippen molar-refractivity contribution in [1.82, 2.24) is 24.6 Å². The number of nitrogens with zero attached hydrogens (tertiary/aromatic N) is 5. The van der Waals surface area contributed by atoms with Crippen LogP contribution in [0.5, 0.6) is 0 Å². The Kier molecular flexibility index (Phi) is 7.73. The first-order valence-electron chi connectivity index (χ1n) is 12.1. The number of carbonyl (C=O) groups is 1. The molecular weight excluding hydrogens is 386 g/mol. The van der Waals surface area contributed by atoms with Crippen molar-refractivity contribution in [3.05, 3.63) is 48.0 Å². The molecule has 1 aliphatic heterocycles. The maximum Gasteiger partial charge on any atom is 0.224 e. The second kappa shape index (κ2) is 10.9. The third kappa shape index (κ3) is 6.16. The van der Waals surface area contributed by atoms with Crippen LogP contribution in [0.1, 0.15) is 56.1 Å². The second-order valence-electron chi connectivity index (χ2n) is 9.35. The van der Waals surface area contributed by atoms with Gasteiger partial charge in [0.2, 0.25) is 5.91 Å². The van der Waals surface area contributed by atoms with Crippen LogP contribution in [0.25, 0.3) is 0 Å². The van der Waals surface area contributed by atoms with Gasteiger partial charge in [0.05, 0.1) is 6.54 Å². The molecule has 1 aromatic carbocycles. The first kappa shape index (κ1) is 22.0. The van der Waals surface area contributed by atoms with Crippen LogP contribution >= 0.6 is 0 Å². The van der Waals surface area contributed by atoms with Gasteiger partial charge in [-0.25, -0.2) is 4.98 Å². The number of likely N-dealkylation sites (tertiary alicyclic amines) is 1. The summed E-state index contributed by atoms with van der Waals surface area (Å²) in [5.74, 6) is 0.926. The molecule has 168 valence electrons. The fourth-order valence-electron chi connectivity index (χ4n) is 5.21. The van der Waals surface area contributed by atoms with E-state index in [1.165, 1.54) is 56.0 Å². The van der Waals surface area contributed by atoms with E-state index in [0.717, 1.165) is 32.6 Å². The van der Waals surface area contributed by atoms with Crippen molar-refractivity contribution in [3.63, 3.8) is 0 Å². The summed E-state index contributed by atoms with van der Waals surface area (Å²) >= 11 is 0. The number of hydrogen-bond donors (Lipinski definition) is 0. The summed E-state index contributed by atoms with van der Waals surface area (Å²) in [4.78, 5) is 21.9. The quantitative estimate of drug-likeness (QED) is 0.617. The lowest BCUT2D eigenvalue weighted by atomic mass is 9.94. The number of amides is 1. The van der Waals surface area contributed by atoms with Crippen LogP contribution in [0.3, 0.4) is 0 Å². The number of aromatic nitrogens is 3. The number of rotatable bonds is 9. The third-order valence-corrected chi connectivity index (χ3v) is 7.23. The Bertz CT molecular complexity index is 807. The van der Waals surface area contributed by atoms with Gasteiger partial charge in [-0.05, 0) is 69.2 Å². The summed E-state index contributed by atoms with van der Waals surface area (Å²) in [6.45, 7) is 7.22. The van der Waals surface area contributed by atoms with Gasteiger partial charge in [-0.3, -0.25) is 9.48 Å². The molecule has 1 amide bonds. The van der Waals surface area contributed by atoms with E-state index in [-0.39, 0.29) is 0 Å². The zero-order valence-electron chi connectivity index (χ0n) is 19.0. The average molecular weight is 424 g/mol. The number of aryl methyl sites for hydroxylation is 2. The van der Waals surface area contributed by atoms with Gasteiger partial charge >= 0.3 is 0 Å². The summed E-state index contributed by atoms with van der Waals surface area (Å²) in [6.07, 6.45) is 12.1. The molecule has 2 aromatic rings. The predicted molar refractivity (Wildman–Crippen MR) is 123 cm³/mol. The van der Waals surface area contributed by atoms with Crippen LogP contribution in [0.15, 0.2) is 36.9 Å². The molecule has 0 atom stereocenters. The van der Waals surface area contributed by atoms with Crippen molar-refractivity contribution in [2.45, 2.75) is 70.9 Å². The Balaban J connectivity index is 1.25. The molecule has 2 aliphatic rings. The maximum atomic E-state index is 13.1.